The number of nitrogens with zero attached hydrogens (tertiary/aromatic N) is 2. The Hall–Kier alpha value is -0.870. The molecule has 0 bridgehead atoms. The van der Waals surface area contributed by atoms with Gasteiger partial charge in [0.1, 0.15) is 4.90 Å². The average molecular weight is 354 g/mol. The van der Waals surface area contributed by atoms with Crippen LogP contribution in [0, 0.1) is 0 Å². The highest BCUT2D eigenvalue weighted by Gasteiger charge is 2.32. The lowest BCUT2D eigenvalue weighted by Crippen LogP contribution is -2.50. The number of nitrogen functional groups attached to an aromatic ring is 1. The normalized spacial score (nSPS) is 18.8. The summed E-state index contributed by atoms with van der Waals surface area (Å²) in [5, 5.41) is 0.0924. The van der Waals surface area contributed by atoms with E-state index in [-0.39, 0.29) is 36.1 Å². The lowest BCUT2D eigenvalue weighted by molar-refractivity contribution is 0.274. The average Bonchev–Trinajstić information content (AvgIpc) is 2.40. The fourth-order valence-electron chi connectivity index (χ4n) is 2.10. The van der Waals surface area contributed by atoms with Crippen molar-refractivity contribution in [3.63, 3.8) is 0 Å². The van der Waals surface area contributed by atoms with Crippen molar-refractivity contribution in [1.82, 2.24) is 8.61 Å². The summed E-state index contributed by atoms with van der Waals surface area (Å²) in [6.45, 7) is 0.414. The van der Waals surface area contributed by atoms with E-state index in [1.54, 1.807) is 0 Å². The van der Waals surface area contributed by atoms with Gasteiger partial charge in [0.15, 0.2) is 0 Å². The van der Waals surface area contributed by atoms with Crippen LogP contribution in [-0.2, 0) is 20.0 Å². The van der Waals surface area contributed by atoms with Gasteiger partial charge in [0.05, 0.1) is 11.3 Å². The van der Waals surface area contributed by atoms with Gasteiger partial charge in [-0.2, -0.15) is 8.61 Å². The summed E-state index contributed by atoms with van der Waals surface area (Å²) < 4.78 is 50.4. The predicted octanol–water partition coefficient (Wildman–Crippen LogP) is 0.188. The highest BCUT2D eigenvalue weighted by atomic mass is 35.5. The van der Waals surface area contributed by atoms with Gasteiger partial charge in [-0.05, 0) is 18.2 Å². The van der Waals surface area contributed by atoms with Crippen LogP contribution in [-0.4, -0.2) is 57.9 Å². The van der Waals surface area contributed by atoms with Gasteiger partial charge >= 0.3 is 0 Å². The molecule has 21 heavy (non-hydrogen) atoms. The molecular formula is C11H16ClN3O4S2. The Morgan fingerprint density at radius 3 is 2.10 bits per heavy atom. The number of nitrogens with two attached hydrogens (primary N) is 1. The van der Waals surface area contributed by atoms with E-state index < -0.39 is 20.0 Å². The second kappa shape index (κ2) is 5.73. The number of benzene rings is 1. The van der Waals surface area contributed by atoms with E-state index in [9.17, 15) is 16.8 Å². The first-order chi connectivity index (χ1) is 9.62. The van der Waals surface area contributed by atoms with Gasteiger partial charge in [-0.25, -0.2) is 16.8 Å². The first-order valence-corrected chi connectivity index (χ1v) is 9.79. The number of rotatable bonds is 3. The third-order valence-electron chi connectivity index (χ3n) is 3.24. The summed E-state index contributed by atoms with van der Waals surface area (Å²) in [5.74, 6) is 0. The summed E-state index contributed by atoms with van der Waals surface area (Å²) in [6, 6.07) is 4.25. The Bertz CT molecular complexity index is 741. The van der Waals surface area contributed by atoms with Gasteiger partial charge in [-0.15, -0.1) is 0 Å². The molecule has 1 saturated heterocycles. The van der Waals surface area contributed by atoms with Crippen molar-refractivity contribution >= 4 is 37.3 Å². The molecule has 10 heteroatoms. The van der Waals surface area contributed by atoms with Gasteiger partial charge in [-0.3, -0.25) is 0 Å². The van der Waals surface area contributed by atoms with Crippen molar-refractivity contribution < 1.29 is 16.8 Å². The van der Waals surface area contributed by atoms with Crippen LogP contribution in [0.1, 0.15) is 0 Å². The van der Waals surface area contributed by atoms with E-state index in [1.165, 1.54) is 26.8 Å². The molecule has 0 saturated carbocycles. The third kappa shape index (κ3) is 3.49. The molecule has 1 fully saturated rings. The van der Waals surface area contributed by atoms with Crippen molar-refractivity contribution in [1.29, 1.82) is 0 Å². The zero-order valence-electron chi connectivity index (χ0n) is 11.4. The molecule has 2 rings (SSSR count). The predicted molar refractivity (Wildman–Crippen MR) is 81.0 cm³/mol. The van der Waals surface area contributed by atoms with Gasteiger partial charge < -0.3 is 5.73 Å². The van der Waals surface area contributed by atoms with Crippen LogP contribution in [0.4, 0.5) is 5.69 Å². The number of hydrogen-bond donors (Lipinski definition) is 1. The standard InChI is InChI=1S/C11H16ClN3O4S2/c1-20(16,17)14-4-6-15(7-5-14)21(18,19)11-8-9(13)2-3-10(11)12/h2-3,8H,4-7,13H2,1H3. The molecule has 0 atom stereocenters. The number of anilines is 1. The molecule has 1 aromatic rings. The van der Waals surface area contributed by atoms with Crippen LogP contribution in [0.2, 0.25) is 5.02 Å². The number of sulfonamides is 2. The summed E-state index contributed by atoms with van der Waals surface area (Å²) in [6.07, 6.45) is 1.10. The molecule has 1 heterocycles. The van der Waals surface area contributed by atoms with Crippen LogP contribution in [0.5, 0.6) is 0 Å². The van der Waals surface area contributed by atoms with Crippen molar-refractivity contribution in [2.75, 3.05) is 38.2 Å². The summed E-state index contributed by atoms with van der Waals surface area (Å²) >= 11 is 5.93. The van der Waals surface area contributed by atoms with E-state index in [0.717, 1.165) is 6.26 Å². The fraction of sp³-hybridized carbons (Fsp3) is 0.455. The summed E-state index contributed by atoms with van der Waals surface area (Å²) in [5.41, 5.74) is 5.90. The molecule has 0 aromatic heterocycles. The van der Waals surface area contributed by atoms with Gasteiger partial charge in [0, 0.05) is 31.9 Å². The molecule has 2 N–H and O–H groups in total. The molecule has 0 aliphatic carbocycles. The maximum atomic E-state index is 12.5. The first kappa shape index (κ1) is 16.5. The SMILES string of the molecule is CS(=O)(=O)N1CCN(S(=O)(=O)c2cc(N)ccc2Cl)CC1. The molecule has 118 valence electrons. The van der Waals surface area contributed by atoms with E-state index in [0.29, 0.717) is 5.69 Å². The number of halogens is 1. The Balaban J connectivity index is 2.25. The topological polar surface area (TPSA) is 101 Å². The summed E-state index contributed by atoms with van der Waals surface area (Å²) in [7, 11) is -7.09. The second-order valence-electron chi connectivity index (χ2n) is 4.76. The lowest BCUT2D eigenvalue weighted by Gasteiger charge is -2.32. The second-order valence-corrected chi connectivity index (χ2v) is 9.05. The highest BCUT2D eigenvalue weighted by Crippen LogP contribution is 2.27. The van der Waals surface area contributed by atoms with Crippen LogP contribution in [0.25, 0.3) is 0 Å². The molecular weight excluding hydrogens is 338 g/mol. The fourth-order valence-corrected chi connectivity index (χ4v) is 4.86. The van der Waals surface area contributed by atoms with Gasteiger partial charge in [-0.1, -0.05) is 11.6 Å². The zero-order valence-corrected chi connectivity index (χ0v) is 13.7. The van der Waals surface area contributed by atoms with E-state index >= 15 is 0 Å². The Kier molecular flexibility index (Phi) is 4.50. The minimum Gasteiger partial charge on any atom is -0.399 e. The Morgan fingerprint density at radius 2 is 1.57 bits per heavy atom. The van der Waals surface area contributed by atoms with Crippen molar-refractivity contribution in [3.05, 3.63) is 23.2 Å². The van der Waals surface area contributed by atoms with Crippen LogP contribution in [0.3, 0.4) is 0 Å². The number of piperazine rings is 1. The Morgan fingerprint density at radius 1 is 1.05 bits per heavy atom. The molecule has 0 amide bonds. The first-order valence-electron chi connectivity index (χ1n) is 6.12. The lowest BCUT2D eigenvalue weighted by atomic mass is 10.3. The summed E-state index contributed by atoms with van der Waals surface area (Å²) in [4.78, 5) is -0.0584. The molecule has 0 unspecified atom stereocenters. The van der Waals surface area contributed by atoms with Crippen LogP contribution >= 0.6 is 11.6 Å². The molecule has 1 aliphatic rings. The van der Waals surface area contributed by atoms with Gasteiger partial charge in [0.25, 0.3) is 0 Å². The van der Waals surface area contributed by atoms with E-state index in [4.69, 9.17) is 17.3 Å². The highest BCUT2D eigenvalue weighted by molar-refractivity contribution is 7.89. The van der Waals surface area contributed by atoms with Gasteiger partial charge in [0.2, 0.25) is 20.0 Å². The monoisotopic (exact) mass is 353 g/mol. The van der Waals surface area contributed by atoms with Crippen molar-refractivity contribution in [2.45, 2.75) is 4.90 Å². The molecule has 0 radical (unpaired) electrons. The largest absolute Gasteiger partial charge is 0.399 e. The quantitative estimate of drug-likeness (QED) is 0.781. The van der Waals surface area contributed by atoms with Crippen molar-refractivity contribution in [2.24, 2.45) is 0 Å². The van der Waals surface area contributed by atoms with Crippen LogP contribution < -0.4 is 5.73 Å². The minimum absolute atomic E-state index is 0.0584. The van der Waals surface area contributed by atoms with Crippen molar-refractivity contribution in [3.8, 4) is 0 Å². The molecule has 7 nitrogen and oxygen atoms in total. The minimum atomic E-state index is -3.78. The van der Waals surface area contributed by atoms with Crippen LogP contribution in [0.15, 0.2) is 23.1 Å². The maximum absolute atomic E-state index is 12.5. The van der Waals surface area contributed by atoms with E-state index in [2.05, 4.69) is 0 Å². The smallest absolute Gasteiger partial charge is 0.244 e. The maximum Gasteiger partial charge on any atom is 0.244 e. The van der Waals surface area contributed by atoms with E-state index in [1.807, 2.05) is 0 Å². The molecule has 1 aliphatic heterocycles. The molecule has 1 aromatic carbocycles. The third-order valence-corrected chi connectivity index (χ3v) is 6.92. The Labute approximate surface area is 129 Å². The zero-order chi connectivity index (χ0) is 15.8. The number of hydrogen-bond acceptors (Lipinski definition) is 5. The molecule has 0 spiro atoms.